The molecule has 2 N–H and O–H groups in total. The molecule has 1 unspecified atom stereocenters. The Morgan fingerprint density at radius 2 is 2.12 bits per heavy atom. The number of hydrogen-bond acceptors (Lipinski definition) is 4. The normalized spacial score (nSPS) is 22.5. The van der Waals surface area contributed by atoms with Crippen molar-refractivity contribution < 1.29 is 0 Å². The first-order chi connectivity index (χ1) is 7.97. The predicted octanol–water partition coefficient (Wildman–Crippen LogP) is 3.38. The van der Waals surface area contributed by atoms with Crippen molar-refractivity contribution in [3.05, 3.63) is 6.20 Å². The third kappa shape index (κ3) is 3.12. The van der Waals surface area contributed by atoms with Gasteiger partial charge in [0.05, 0.1) is 6.20 Å². The Morgan fingerprint density at radius 1 is 1.35 bits per heavy atom. The van der Waals surface area contributed by atoms with Crippen LogP contribution in [0.25, 0.3) is 0 Å². The van der Waals surface area contributed by atoms with E-state index in [1.807, 2.05) is 0 Å². The van der Waals surface area contributed by atoms with E-state index >= 15 is 0 Å². The Labute approximate surface area is 108 Å². The Hall–Kier alpha value is -0.770. The Morgan fingerprint density at radius 3 is 2.71 bits per heavy atom. The molecule has 0 amide bonds. The van der Waals surface area contributed by atoms with Gasteiger partial charge in [-0.2, -0.15) is 0 Å². The number of nitrogen functional groups attached to an aromatic ring is 1. The molecule has 2 heterocycles. The van der Waals surface area contributed by atoms with Gasteiger partial charge in [-0.15, -0.1) is 0 Å². The molecule has 1 aromatic heterocycles. The standard InChI is InChI=1S/C13H23N3S/c1-13(2,3)10-5-4-7-16(8-6-10)12-15-9-11(14)17-12/h9-10H,4-8,14H2,1-3H3. The van der Waals surface area contributed by atoms with Gasteiger partial charge in [-0.05, 0) is 30.6 Å². The molecule has 96 valence electrons. The van der Waals surface area contributed by atoms with Gasteiger partial charge in [0.2, 0.25) is 0 Å². The molecule has 1 atom stereocenters. The van der Waals surface area contributed by atoms with Crippen LogP contribution in [0.2, 0.25) is 0 Å². The predicted molar refractivity (Wildman–Crippen MR) is 75.5 cm³/mol. The molecule has 0 aromatic carbocycles. The van der Waals surface area contributed by atoms with E-state index in [4.69, 9.17) is 5.73 Å². The summed E-state index contributed by atoms with van der Waals surface area (Å²) in [6.45, 7) is 9.31. The average molecular weight is 253 g/mol. The van der Waals surface area contributed by atoms with Crippen molar-refractivity contribution in [2.24, 2.45) is 11.3 Å². The second kappa shape index (κ2) is 4.84. The number of hydrogen-bond donors (Lipinski definition) is 1. The van der Waals surface area contributed by atoms with Gasteiger partial charge in [-0.1, -0.05) is 32.1 Å². The highest BCUT2D eigenvalue weighted by Gasteiger charge is 2.27. The van der Waals surface area contributed by atoms with Crippen molar-refractivity contribution in [1.82, 2.24) is 4.98 Å². The monoisotopic (exact) mass is 253 g/mol. The second-order valence-corrected chi connectivity index (χ2v) is 7.07. The fourth-order valence-corrected chi connectivity index (χ4v) is 3.31. The summed E-state index contributed by atoms with van der Waals surface area (Å²) >= 11 is 1.60. The maximum absolute atomic E-state index is 5.75. The summed E-state index contributed by atoms with van der Waals surface area (Å²) < 4.78 is 0. The summed E-state index contributed by atoms with van der Waals surface area (Å²) in [7, 11) is 0. The van der Waals surface area contributed by atoms with Crippen LogP contribution in [0.1, 0.15) is 40.0 Å². The van der Waals surface area contributed by atoms with Gasteiger partial charge in [0.25, 0.3) is 0 Å². The van der Waals surface area contributed by atoms with Crippen molar-refractivity contribution in [3.63, 3.8) is 0 Å². The van der Waals surface area contributed by atoms with Crippen LogP contribution in [0.3, 0.4) is 0 Å². The molecule has 1 saturated heterocycles. The SMILES string of the molecule is CC(C)(C)C1CCCN(c2ncc(N)s2)CC1. The first-order valence-electron chi connectivity index (χ1n) is 6.43. The van der Waals surface area contributed by atoms with Crippen molar-refractivity contribution in [3.8, 4) is 0 Å². The average Bonchev–Trinajstić information content (AvgIpc) is 2.53. The third-order valence-corrected chi connectivity index (χ3v) is 4.62. The van der Waals surface area contributed by atoms with E-state index in [1.165, 1.54) is 19.3 Å². The van der Waals surface area contributed by atoms with Crippen molar-refractivity contribution in [1.29, 1.82) is 0 Å². The zero-order chi connectivity index (χ0) is 12.5. The van der Waals surface area contributed by atoms with E-state index in [0.29, 0.717) is 5.41 Å². The fourth-order valence-electron chi connectivity index (χ4n) is 2.58. The zero-order valence-electron chi connectivity index (χ0n) is 11.1. The van der Waals surface area contributed by atoms with Crippen LogP contribution in [0.15, 0.2) is 6.20 Å². The van der Waals surface area contributed by atoms with E-state index < -0.39 is 0 Å². The van der Waals surface area contributed by atoms with Crippen LogP contribution < -0.4 is 10.6 Å². The molecule has 17 heavy (non-hydrogen) atoms. The van der Waals surface area contributed by atoms with Crippen molar-refractivity contribution in [2.45, 2.75) is 40.0 Å². The summed E-state index contributed by atoms with van der Waals surface area (Å²) in [5, 5.41) is 1.91. The molecule has 1 aliphatic rings. The fraction of sp³-hybridized carbons (Fsp3) is 0.769. The maximum Gasteiger partial charge on any atom is 0.187 e. The van der Waals surface area contributed by atoms with Crippen molar-refractivity contribution in [2.75, 3.05) is 23.7 Å². The Kier molecular flexibility index (Phi) is 3.61. The van der Waals surface area contributed by atoms with Crippen LogP contribution >= 0.6 is 11.3 Å². The van der Waals surface area contributed by atoms with Gasteiger partial charge in [0, 0.05) is 13.1 Å². The summed E-state index contributed by atoms with van der Waals surface area (Å²) in [4.78, 5) is 6.78. The van der Waals surface area contributed by atoms with E-state index in [-0.39, 0.29) is 0 Å². The van der Waals surface area contributed by atoms with Crippen LogP contribution in [0.5, 0.6) is 0 Å². The summed E-state index contributed by atoms with van der Waals surface area (Å²) in [5.41, 5.74) is 6.18. The number of aromatic nitrogens is 1. The van der Waals surface area contributed by atoms with Gasteiger partial charge >= 0.3 is 0 Å². The number of thiazole rings is 1. The van der Waals surface area contributed by atoms with Crippen LogP contribution in [-0.4, -0.2) is 18.1 Å². The van der Waals surface area contributed by atoms with Gasteiger partial charge in [0.1, 0.15) is 5.00 Å². The first-order valence-corrected chi connectivity index (χ1v) is 7.25. The molecule has 2 rings (SSSR count). The lowest BCUT2D eigenvalue weighted by Crippen LogP contribution is -2.25. The molecule has 1 fully saturated rings. The lowest BCUT2D eigenvalue weighted by atomic mass is 9.77. The van der Waals surface area contributed by atoms with Gasteiger partial charge in [-0.25, -0.2) is 4.98 Å². The molecule has 0 aliphatic carbocycles. The lowest BCUT2D eigenvalue weighted by molar-refractivity contribution is 0.220. The molecule has 0 bridgehead atoms. The summed E-state index contributed by atoms with van der Waals surface area (Å²) in [5.74, 6) is 0.824. The molecule has 1 aliphatic heterocycles. The number of anilines is 2. The quantitative estimate of drug-likeness (QED) is 0.834. The highest BCUT2D eigenvalue weighted by atomic mass is 32.1. The highest BCUT2D eigenvalue weighted by Crippen LogP contribution is 2.36. The van der Waals surface area contributed by atoms with Crippen LogP contribution in [0, 0.1) is 11.3 Å². The smallest absolute Gasteiger partial charge is 0.187 e. The maximum atomic E-state index is 5.75. The topological polar surface area (TPSA) is 42.2 Å². The minimum atomic E-state index is 0.428. The van der Waals surface area contributed by atoms with Gasteiger partial charge < -0.3 is 10.6 Å². The number of nitrogens with zero attached hydrogens (tertiary/aromatic N) is 2. The molecule has 3 nitrogen and oxygen atoms in total. The van der Waals surface area contributed by atoms with Crippen LogP contribution in [-0.2, 0) is 0 Å². The van der Waals surface area contributed by atoms with E-state index in [2.05, 4.69) is 30.7 Å². The number of rotatable bonds is 1. The largest absolute Gasteiger partial charge is 0.389 e. The molecule has 4 heteroatoms. The van der Waals surface area contributed by atoms with Gasteiger partial charge in [0.15, 0.2) is 5.13 Å². The summed E-state index contributed by atoms with van der Waals surface area (Å²) in [6, 6.07) is 0. The molecule has 0 saturated carbocycles. The lowest BCUT2D eigenvalue weighted by Gasteiger charge is -2.29. The first kappa shape index (κ1) is 12.7. The summed E-state index contributed by atoms with van der Waals surface area (Å²) in [6.07, 6.45) is 5.64. The Bertz CT molecular complexity index is 367. The third-order valence-electron chi connectivity index (χ3n) is 3.73. The minimum absolute atomic E-state index is 0.428. The highest BCUT2D eigenvalue weighted by molar-refractivity contribution is 7.19. The minimum Gasteiger partial charge on any atom is -0.389 e. The van der Waals surface area contributed by atoms with Crippen molar-refractivity contribution >= 4 is 21.5 Å². The van der Waals surface area contributed by atoms with E-state index in [9.17, 15) is 0 Å². The second-order valence-electron chi connectivity index (χ2n) is 6.03. The zero-order valence-corrected chi connectivity index (χ0v) is 11.9. The van der Waals surface area contributed by atoms with Gasteiger partial charge in [-0.3, -0.25) is 0 Å². The molecule has 1 aromatic rings. The van der Waals surface area contributed by atoms with Crippen LogP contribution in [0.4, 0.5) is 10.1 Å². The molecule has 0 radical (unpaired) electrons. The molecular formula is C13H23N3S. The van der Waals surface area contributed by atoms with E-state index in [0.717, 1.165) is 29.1 Å². The Balaban J connectivity index is 2.01. The molecular weight excluding hydrogens is 230 g/mol. The number of nitrogens with two attached hydrogens (primary N) is 1. The molecule has 0 spiro atoms. The van der Waals surface area contributed by atoms with E-state index in [1.54, 1.807) is 17.5 Å².